The molecule has 0 saturated carbocycles. The number of hydrogen-bond donors (Lipinski definition) is 0. The molecule has 1 aromatic rings. The van der Waals surface area contributed by atoms with Crippen LogP contribution in [-0.2, 0) is 15.1 Å². The first-order valence-corrected chi connectivity index (χ1v) is 4.94. The van der Waals surface area contributed by atoms with E-state index in [9.17, 15) is 4.79 Å². The van der Waals surface area contributed by atoms with E-state index in [-0.39, 0.29) is 5.97 Å². The van der Waals surface area contributed by atoms with E-state index < -0.39 is 5.60 Å². The van der Waals surface area contributed by atoms with Crippen LogP contribution in [0.1, 0.15) is 25.8 Å². The molecule has 1 atom stereocenters. The number of benzene rings is 1. The molecule has 0 saturated heterocycles. The number of carbonyl (C=O) groups excluding carboxylic acids is 1. The SMILES string of the molecule is C=CC[C@@](C)(OC(C)=O)c1ccccc1. The maximum absolute atomic E-state index is 11.1. The Morgan fingerprint density at radius 2 is 2.07 bits per heavy atom. The fourth-order valence-electron chi connectivity index (χ4n) is 1.60. The molecular formula is C13H16O2. The monoisotopic (exact) mass is 204 g/mol. The number of esters is 1. The van der Waals surface area contributed by atoms with Gasteiger partial charge in [0.15, 0.2) is 0 Å². The molecule has 0 aromatic heterocycles. The van der Waals surface area contributed by atoms with Crippen molar-refractivity contribution in [3.8, 4) is 0 Å². The van der Waals surface area contributed by atoms with Crippen LogP contribution in [-0.4, -0.2) is 5.97 Å². The van der Waals surface area contributed by atoms with Crippen molar-refractivity contribution in [3.63, 3.8) is 0 Å². The highest BCUT2D eigenvalue weighted by molar-refractivity contribution is 5.66. The number of rotatable bonds is 4. The minimum atomic E-state index is -0.602. The lowest BCUT2D eigenvalue weighted by Gasteiger charge is -2.28. The summed E-state index contributed by atoms with van der Waals surface area (Å²) in [6.07, 6.45) is 2.37. The molecule has 0 amide bonds. The molecule has 0 bridgehead atoms. The van der Waals surface area contributed by atoms with Gasteiger partial charge in [0.25, 0.3) is 0 Å². The van der Waals surface area contributed by atoms with Crippen LogP contribution in [0, 0.1) is 0 Å². The van der Waals surface area contributed by atoms with Crippen LogP contribution in [0.15, 0.2) is 43.0 Å². The van der Waals surface area contributed by atoms with Crippen molar-refractivity contribution >= 4 is 5.97 Å². The highest BCUT2D eigenvalue weighted by atomic mass is 16.6. The zero-order valence-electron chi connectivity index (χ0n) is 9.19. The first-order valence-electron chi connectivity index (χ1n) is 4.94. The summed E-state index contributed by atoms with van der Waals surface area (Å²) in [5.41, 5.74) is 0.384. The van der Waals surface area contributed by atoms with Gasteiger partial charge in [0.1, 0.15) is 5.60 Å². The highest BCUT2D eigenvalue weighted by Gasteiger charge is 2.28. The normalized spacial score (nSPS) is 14.0. The van der Waals surface area contributed by atoms with Crippen LogP contribution in [0.25, 0.3) is 0 Å². The zero-order valence-corrected chi connectivity index (χ0v) is 9.19. The third-order valence-corrected chi connectivity index (χ3v) is 2.29. The van der Waals surface area contributed by atoms with E-state index in [4.69, 9.17) is 4.74 Å². The summed E-state index contributed by atoms with van der Waals surface area (Å²) in [5.74, 6) is -0.275. The fraction of sp³-hybridized carbons (Fsp3) is 0.308. The van der Waals surface area contributed by atoms with E-state index in [0.29, 0.717) is 6.42 Å². The van der Waals surface area contributed by atoms with E-state index >= 15 is 0 Å². The second-order valence-corrected chi connectivity index (χ2v) is 3.68. The lowest BCUT2D eigenvalue weighted by atomic mass is 9.92. The molecular weight excluding hydrogens is 188 g/mol. The van der Waals surface area contributed by atoms with Crippen LogP contribution < -0.4 is 0 Å². The molecule has 1 rings (SSSR count). The summed E-state index contributed by atoms with van der Waals surface area (Å²) in [6, 6.07) is 9.70. The van der Waals surface area contributed by atoms with Crippen molar-refractivity contribution in [1.82, 2.24) is 0 Å². The van der Waals surface area contributed by atoms with Crippen LogP contribution in [0.5, 0.6) is 0 Å². The largest absolute Gasteiger partial charge is 0.454 e. The average molecular weight is 204 g/mol. The van der Waals surface area contributed by atoms with E-state index in [2.05, 4.69) is 6.58 Å². The second-order valence-electron chi connectivity index (χ2n) is 3.68. The predicted molar refractivity (Wildman–Crippen MR) is 60.4 cm³/mol. The van der Waals surface area contributed by atoms with Crippen molar-refractivity contribution in [2.75, 3.05) is 0 Å². The Morgan fingerprint density at radius 1 is 1.47 bits per heavy atom. The Labute approximate surface area is 90.6 Å². The molecule has 0 aliphatic heterocycles. The lowest BCUT2D eigenvalue weighted by molar-refractivity contribution is -0.156. The predicted octanol–water partition coefficient (Wildman–Crippen LogP) is 3.04. The molecule has 0 spiro atoms. The maximum Gasteiger partial charge on any atom is 0.303 e. The second kappa shape index (κ2) is 4.78. The van der Waals surface area contributed by atoms with Crippen LogP contribution in [0.2, 0.25) is 0 Å². The molecule has 0 radical (unpaired) electrons. The number of carbonyl (C=O) groups is 1. The Hall–Kier alpha value is -1.57. The van der Waals surface area contributed by atoms with Gasteiger partial charge in [0.2, 0.25) is 0 Å². The molecule has 0 heterocycles. The van der Waals surface area contributed by atoms with Crippen molar-refractivity contribution < 1.29 is 9.53 Å². The maximum atomic E-state index is 11.1. The minimum absolute atomic E-state index is 0.275. The molecule has 0 aliphatic rings. The van der Waals surface area contributed by atoms with Gasteiger partial charge >= 0.3 is 5.97 Å². The van der Waals surface area contributed by atoms with Crippen molar-refractivity contribution in [1.29, 1.82) is 0 Å². The van der Waals surface area contributed by atoms with Gasteiger partial charge in [-0.3, -0.25) is 4.79 Å². The topological polar surface area (TPSA) is 26.3 Å². The third-order valence-electron chi connectivity index (χ3n) is 2.29. The highest BCUT2D eigenvalue weighted by Crippen LogP contribution is 2.29. The van der Waals surface area contributed by atoms with Crippen LogP contribution >= 0.6 is 0 Å². The Morgan fingerprint density at radius 3 is 2.53 bits per heavy atom. The smallest absolute Gasteiger partial charge is 0.303 e. The van der Waals surface area contributed by atoms with Crippen LogP contribution in [0.4, 0.5) is 0 Å². The van der Waals surface area contributed by atoms with Crippen LogP contribution in [0.3, 0.4) is 0 Å². The molecule has 0 N–H and O–H groups in total. The Balaban J connectivity index is 3.00. The Kier molecular flexibility index (Phi) is 3.67. The summed E-state index contributed by atoms with van der Waals surface area (Å²) in [5, 5.41) is 0. The third kappa shape index (κ3) is 2.94. The van der Waals surface area contributed by atoms with Gasteiger partial charge < -0.3 is 4.74 Å². The van der Waals surface area contributed by atoms with Gasteiger partial charge in [-0.2, -0.15) is 0 Å². The summed E-state index contributed by atoms with van der Waals surface area (Å²) in [4.78, 5) is 11.1. The summed E-state index contributed by atoms with van der Waals surface area (Å²) in [6.45, 7) is 7.00. The van der Waals surface area contributed by atoms with E-state index in [1.807, 2.05) is 37.3 Å². The first kappa shape index (κ1) is 11.5. The quantitative estimate of drug-likeness (QED) is 0.556. The minimum Gasteiger partial charge on any atom is -0.454 e. The van der Waals surface area contributed by atoms with Crippen molar-refractivity contribution in [3.05, 3.63) is 48.6 Å². The fourth-order valence-corrected chi connectivity index (χ4v) is 1.60. The summed E-state index contributed by atoms with van der Waals surface area (Å²) < 4.78 is 5.35. The first-order chi connectivity index (χ1) is 7.08. The molecule has 2 nitrogen and oxygen atoms in total. The molecule has 80 valence electrons. The van der Waals surface area contributed by atoms with Gasteiger partial charge in [0.05, 0.1) is 0 Å². The molecule has 0 aliphatic carbocycles. The van der Waals surface area contributed by atoms with Gasteiger partial charge in [-0.1, -0.05) is 36.4 Å². The molecule has 1 aromatic carbocycles. The van der Waals surface area contributed by atoms with Gasteiger partial charge in [-0.25, -0.2) is 0 Å². The van der Waals surface area contributed by atoms with E-state index in [1.165, 1.54) is 6.92 Å². The number of hydrogen-bond acceptors (Lipinski definition) is 2. The molecule has 15 heavy (non-hydrogen) atoms. The van der Waals surface area contributed by atoms with Crippen molar-refractivity contribution in [2.45, 2.75) is 25.9 Å². The number of ether oxygens (including phenoxy) is 1. The lowest BCUT2D eigenvalue weighted by Crippen LogP contribution is -2.27. The van der Waals surface area contributed by atoms with Crippen molar-refractivity contribution in [2.24, 2.45) is 0 Å². The molecule has 2 heteroatoms. The van der Waals surface area contributed by atoms with E-state index in [0.717, 1.165) is 5.56 Å². The Bertz CT molecular complexity index is 343. The summed E-state index contributed by atoms with van der Waals surface area (Å²) in [7, 11) is 0. The standard InChI is InChI=1S/C13H16O2/c1-4-10-13(3,15-11(2)14)12-8-6-5-7-9-12/h4-9H,1,10H2,2-3H3/t13-/m1/s1. The van der Waals surface area contributed by atoms with Gasteiger partial charge in [-0.05, 0) is 12.5 Å². The molecule has 0 fully saturated rings. The van der Waals surface area contributed by atoms with E-state index in [1.54, 1.807) is 6.08 Å². The van der Waals surface area contributed by atoms with Gasteiger partial charge in [-0.15, -0.1) is 6.58 Å². The zero-order chi connectivity index (χ0) is 11.3. The van der Waals surface area contributed by atoms with Gasteiger partial charge in [0, 0.05) is 13.3 Å². The summed E-state index contributed by atoms with van der Waals surface area (Å²) >= 11 is 0. The average Bonchev–Trinajstić information content (AvgIpc) is 2.18. The molecule has 0 unspecified atom stereocenters.